The molecule has 1 aliphatic heterocycles. The lowest BCUT2D eigenvalue weighted by molar-refractivity contribution is -0.149. The van der Waals surface area contributed by atoms with Gasteiger partial charge < -0.3 is 20.7 Å². The minimum absolute atomic E-state index is 0.134. The summed E-state index contributed by atoms with van der Waals surface area (Å²) < 4.78 is 4.72. The molecule has 3 N–H and O–H groups in total. The molecule has 1 unspecified atom stereocenters. The van der Waals surface area contributed by atoms with Crippen molar-refractivity contribution in [3.63, 3.8) is 0 Å². The quantitative estimate of drug-likeness (QED) is 0.721. The van der Waals surface area contributed by atoms with Gasteiger partial charge in [0.05, 0.1) is 13.0 Å². The van der Waals surface area contributed by atoms with Gasteiger partial charge >= 0.3 is 12.0 Å². The Bertz CT molecular complexity index is 390. The topological polar surface area (TPSA) is 102 Å². The Balaban J connectivity index is 2.60. The largest absolute Gasteiger partial charge is 0.469 e. The number of methoxy groups -OCH3 is 1. The van der Waals surface area contributed by atoms with Gasteiger partial charge in [-0.05, 0) is 25.2 Å². The molecule has 0 aromatic heterocycles. The highest BCUT2D eigenvalue weighted by Gasteiger charge is 2.31. The van der Waals surface area contributed by atoms with Gasteiger partial charge in [0.15, 0.2) is 0 Å². The predicted octanol–water partition coefficient (Wildman–Crippen LogP) is 0.481. The molecule has 1 aliphatic rings. The van der Waals surface area contributed by atoms with Crippen LogP contribution >= 0.6 is 0 Å². The van der Waals surface area contributed by atoms with E-state index >= 15 is 0 Å². The zero-order valence-electron chi connectivity index (χ0n) is 12.9. The summed E-state index contributed by atoms with van der Waals surface area (Å²) in [6.45, 7) is 4.94. The number of primary amides is 1. The Morgan fingerprint density at radius 1 is 1.29 bits per heavy atom. The molecule has 120 valence electrons. The average molecular weight is 299 g/mol. The molecule has 0 bridgehead atoms. The number of carbonyl (C=O) groups excluding carboxylic acids is 3. The SMILES string of the molecule is COC(=O)C1CCN(C(=O)C(CC(C)C)NC(N)=O)CC1. The zero-order valence-corrected chi connectivity index (χ0v) is 12.9. The number of nitrogens with one attached hydrogen (secondary N) is 1. The van der Waals surface area contributed by atoms with Crippen LogP contribution in [-0.2, 0) is 14.3 Å². The van der Waals surface area contributed by atoms with Crippen LogP contribution in [-0.4, -0.2) is 49.0 Å². The molecule has 1 fully saturated rings. The molecular weight excluding hydrogens is 274 g/mol. The van der Waals surface area contributed by atoms with E-state index in [0.717, 1.165) is 0 Å². The Labute approximate surface area is 125 Å². The lowest BCUT2D eigenvalue weighted by Gasteiger charge is -2.33. The standard InChI is InChI=1S/C14H25N3O4/c1-9(2)8-11(16-14(15)20)12(18)17-6-4-10(5-7-17)13(19)21-3/h9-11H,4-8H2,1-3H3,(H3,15,16,20). The van der Waals surface area contributed by atoms with E-state index in [4.69, 9.17) is 10.5 Å². The molecule has 1 atom stereocenters. The number of piperidine rings is 1. The summed E-state index contributed by atoms with van der Waals surface area (Å²) >= 11 is 0. The van der Waals surface area contributed by atoms with Crippen molar-refractivity contribution in [1.82, 2.24) is 10.2 Å². The van der Waals surface area contributed by atoms with Crippen molar-refractivity contribution in [2.75, 3.05) is 20.2 Å². The van der Waals surface area contributed by atoms with Gasteiger partial charge in [0, 0.05) is 13.1 Å². The third-order valence-electron chi connectivity index (χ3n) is 3.66. The van der Waals surface area contributed by atoms with E-state index in [2.05, 4.69) is 5.32 Å². The Morgan fingerprint density at radius 2 is 1.86 bits per heavy atom. The summed E-state index contributed by atoms with van der Waals surface area (Å²) in [4.78, 5) is 36.6. The number of nitrogens with zero attached hydrogens (tertiary/aromatic N) is 1. The predicted molar refractivity (Wildman–Crippen MR) is 77.3 cm³/mol. The van der Waals surface area contributed by atoms with Crippen LogP contribution < -0.4 is 11.1 Å². The molecule has 0 aliphatic carbocycles. The second-order valence-electron chi connectivity index (χ2n) is 5.81. The fourth-order valence-corrected chi connectivity index (χ4v) is 2.59. The summed E-state index contributed by atoms with van der Waals surface area (Å²) in [6.07, 6.45) is 1.71. The zero-order chi connectivity index (χ0) is 16.0. The molecule has 0 radical (unpaired) electrons. The number of nitrogens with two attached hydrogens (primary N) is 1. The summed E-state index contributed by atoms with van der Waals surface area (Å²) in [5.41, 5.74) is 5.13. The van der Waals surface area contributed by atoms with Gasteiger partial charge in [0.1, 0.15) is 6.04 Å². The van der Waals surface area contributed by atoms with Crippen LogP contribution in [0.15, 0.2) is 0 Å². The molecular formula is C14H25N3O4. The highest BCUT2D eigenvalue weighted by molar-refractivity contribution is 5.86. The van der Waals surface area contributed by atoms with Crippen LogP contribution in [0, 0.1) is 11.8 Å². The van der Waals surface area contributed by atoms with Gasteiger partial charge in [-0.25, -0.2) is 4.79 Å². The lowest BCUT2D eigenvalue weighted by Crippen LogP contribution is -2.52. The van der Waals surface area contributed by atoms with Gasteiger partial charge in [0.2, 0.25) is 5.91 Å². The number of carbonyl (C=O) groups is 3. The van der Waals surface area contributed by atoms with Crippen molar-refractivity contribution >= 4 is 17.9 Å². The highest BCUT2D eigenvalue weighted by atomic mass is 16.5. The van der Waals surface area contributed by atoms with Crippen LogP contribution in [0.5, 0.6) is 0 Å². The van der Waals surface area contributed by atoms with Gasteiger partial charge in [-0.2, -0.15) is 0 Å². The smallest absolute Gasteiger partial charge is 0.312 e. The van der Waals surface area contributed by atoms with E-state index in [1.165, 1.54) is 7.11 Å². The normalized spacial score (nSPS) is 17.4. The molecule has 3 amide bonds. The van der Waals surface area contributed by atoms with E-state index in [-0.39, 0.29) is 23.7 Å². The van der Waals surface area contributed by atoms with Crippen LogP contribution in [0.2, 0.25) is 0 Å². The summed E-state index contributed by atoms with van der Waals surface area (Å²) in [5.74, 6) is -0.244. The molecule has 0 aromatic rings. The van der Waals surface area contributed by atoms with Crippen molar-refractivity contribution in [1.29, 1.82) is 0 Å². The third kappa shape index (κ3) is 5.24. The molecule has 0 saturated carbocycles. The number of likely N-dealkylation sites (tertiary alicyclic amines) is 1. The van der Waals surface area contributed by atoms with Crippen molar-refractivity contribution in [3.05, 3.63) is 0 Å². The highest BCUT2D eigenvalue weighted by Crippen LogP contribution is 2.20. The van der Waals surface area contributed by atoms with Crippen molar-refractivity contribution in [3.8, 4) is 0 Å². The average Bonchev–Trinajstić information content (AvgIpc) is 2.44. The number of urea groups is 1. The number of amides is 3. The van der Waals surface area contributed by atoms with Crippen molar-refractivity contribution < 1.29 is 19.1 Å². The molecule has 7 heteroatoms. The second kappa shape index (κ2) is 7.85. The fraction of sp³-hybridized carbons (Fsp3) is 0.786. The molecule has 1 rings (SSSR count). The van der Waals surface area contributed by atoms with Gasteiger partial charge in [0.25, 0.3) is 0 Å². The van der Waals surface area contributed by atoms with Gasteiger partial charge in [-0.15, -0.1) is 0 Å². The first-order valence-electron chi connectivity index (χ1n) is 7.27. The summed E-state index contributed by atoms with van der Waals surface area (Å²) in [7, 11) is 1.37. The first kappa shape index (κ1) is 17.3. The molecule has 1 saturated heterocycles. The molecule has 7 nitrogen and oxygen atoms in total. The minimum atomic E-state index is -0.696. The van der Waals surface area contributed by atoms with Crippen LogP contribution in [0.1, 0.15) is 33.1 Å². The van der Waals surface area contributed by atoms with Crippen LogP contribution in [0.4, 0.5) is 4.79 Å². The molecule has 0 aromatic carbocycles. The van der Waals surface area contributed by atoms with Gasteiger partial charge in [-0.3, -0.25) is 9.59 Å². The van der Waals surface area contributed by atoms with Crippen molar-refractivity contribution in [2.45, 2.75) is 39.2 Å². The van der Waals surface area contributed by atoms with E-state index in [9.17, 15) is 14.4 Å². The fourth-order valence-electron chi connectivity index (χ4n) is 2.59. The summed E-state index contributed by atoms with van der Waals surface area (Å²) in [6, 6.07) is -1.30. The lowest BCUT2D eigenvalue weighted by atomic mass is 9.95. The Kier molecular flexibility index (Phi) is 6.45. The number of hydrogen-bond acceptors (Lipinski definition) is 4. The van der Waals surface area contributed by atoms with E-state index in [0.29, 0.717) is 32.4 Å². The number of hydrogen-bond donors (Lipinski definition) is 2. The first-order valence-corrected chi connectivity index (χ1v) is 7.27. The van der Waals surface area contributed by atoms with Crippen LogP contribution in [0.25, 0.3) is 0 Å². The van der Waals surface area contributed by atoms with Gasteiger partial charge in [-0.1, -0.05) is 13.8 Å². The molecule has 1 heterocycles. The maximum Gasteiger partial charge on any atom is 0.312 e. The van der Waals surface area contributed by atoms with E-state index in [1.54, 1.807) is 4.90 Å². The second-order valence-corrected chi connectivity index (χ2v) is 5.81. The molecule has 21 heavy (non-hydrogen) atoms. The monoisotopic (exact) mass is 299 g/mol. The minimum Gasteiger partial charge on any atom is -0.469 e. The third-order valence-corrected chi connectivity index (χ3v) is 3.66. The number of ether oxygens (including phenoxy) is 1. The first-order chi connectivity index (χ1) is 9.85. The molecule has 0 spiro atoms. The van der Waals surface area contributed by atoms with Crippen molar-refractivity contribution in [2.24, 2.45) is 17.6 Å². The number of rotatable bonds is 5. The maximum atomic E-state index is 12.5. The summed E-state index contributed by atoms with van der Waals surface area (Å²) in [5, 5.41) is 2.51. The Morgan fingerprint density at radius 3 is 2.29 bits per heavy atom. The number of esters is 1. The maximum absolute atomic E-state index is 12.5. The Hall–Kier alpha value is -1.79. The van der Waals surface area contributed by atoms with Crippen LogP contribution in [0.3, 0.4) is 0 Å². The van der Waals surface area contributed by atoms with E-state index in [1.807, 2.05) is 13.8 Å². The van der Waals surface area contributed by atoms with E-state index < -0.39 is 12.1 Å².